The summed E-state index contributed by atoms with van der Waals surface area (Å²) >= 11 is 1.33. The molecule has 1 fully saturated rings. The van der Waals surface area contributed by atoms with Crippen molar-refractivity contribution >= 4 is 22.4 Å². The van der Waals surface area contributed by atoms with E-state index in [1.807, 2.05) is 11.4 Å². The molecule has 0 unspecified atom stereocenters. The lowest BCUT2D eigenvalue weighted by molar-refractivity contribution is 0.102. The van der Waals surface area contributed by atoms with Gasteiger partial charge in [0, 0.05) is 29.6 Å². The highest BCUT2D eigenvalue weighted by Gasteiger charge is 2.18. The number of amides is 1. The van der Waals surface area contributed by atoms with Gasteiger partial charge in [-0.25, -0.2) is 9.97 Å². The van der Waals surface area contributed by atoms with Gasteiger partial charge in [-0.05, 0) is 18.2 Å². The highest BCUT2D eigenvalue weighted by Crippen LogP contribution is 2.25. The minimum atomic E-state index is -0.268. The molecule has 25 heavy (non-hydrogen) atoms. The molecular weight excluding hydrogens is 342 g/mol. The molecule has 3 aromatic rings. The molecule has 1 amide bonds. The summed E-state index contributed by atoms with van der Waals surface area (Å²) in [6.07, 6.45) is 3.95. The van der Waals surface area contributed by atoms with Crippen molar-refractivity contribution in [2.24, 2.45) is 0 Å². The Bertz CT molecular complexity index is 856. The van der Waals surface area contributed by atoms with Crippen LogP contribution in [0, 0.1) is 0 Å². The van der Waals surface area contributed by atoms with Crippen LogP contribution in [-0.2, 0) is 4.74 Å². The van der Waals surface area contributed by atoms with Gasteiger partial charge in [-0.1, -0.05) is 0 Å². The summed E-state index contributed by atoms with van der Waals surface area (Å²) in [5.41, 5.74) is 1.14. The Balaban J connectivity index is 1.44. The largest absolute Gasteiger partial charge is 0.472 e. The van der Waals surface area contributed by atoms with Crippen molar-refractivity contribution in [3.05, 3.63) is 47.7 Å². The number of aromatic nitrogens is 2. The second kappa shape index (κ2) is 7.04. The standard InChI is InChI=1S/C17H15N3O4S/c21-16(20-17-19-13(10-25-17)14-2-1-6-23-14)11-3-5-18-15(8-11)24-12-4-7-22-9-12/h1-3,5-6,8,10,12H,4,7,9H2,(H,19,20,21)/t12-/m1/s1. The maximum absolute atomic E-state index is 12.4. The van der Waals surface area contributed by atoms with Gasteiger partial charge in [-0.2, -0.15) is 0 Å². The first-order valence-electron chi connectivity index (χ1n) is 7.79. The van der Waals surface area contributed by atoms with Crippen molar-refractivity contribution in [3.8, 4) is 17.3 Å². The molecule has 1 aliphatic heterocycles. The number of hydrogen-bond acceptors (Lipinski definition) is 7. The van der Waals surface area contributed by atoms with Crippen LogP contribution in [0.5, 0.6) is 5.88 Å². The zero-order chi connectivity index (χ0) is 17.1. The van der Waals surface area contributed by atoms with Gasteiger partial charge in [0.2, 0.25) is 5.88 Å². The monoisotopic (exact) mass is 357 g/mol. The van der Waals surface area contributed by atoms with Gasteiger partial charge in [-0.15, -0.1) is 11.3 Å². The van der Waals surface area contributed by atoms with Crippen molar-refractivity contribution in [1.29, 1.82) is 0 Å². The summed E-state index contributed by atoms with van der Waals surface area (Å²) in [6.45, 7) is 1.24. The number of rotatable bonds is 5. The van der Waals surface area contributed by atoms with Crippen LogP contribution in [-0.4, -0.2) is 35.2 Å². The van der Waals surface area contributed by atoms with Crippen LogP contribution in [0.2, 0.25) is 0 Å². The molecule has 0 spiro atoms. The fourth-order valence-electron chi connectivity index (χ4n) is 2.43. The third-order valence-corrected chi connectivity index (χ3v) is 4.43. The van der Waals surface area contributed by atoms with Crippen LogP contribution in [0.15, 0.2) is 46.5 Å². The second-order valence-corrected chi connectivity index (χ2v) is 6.31. The van der Waals surface area contributed by atoms with Crippen LogP contribution < -0.4 is 10.1 Å². The molecule has 0 aliphatic carbocycles. The molecule has 0 bridgehead atoms. The first-order chi connectivity index (χ1) is 12.3. The summed E-state index contributed by atoms with van der Waals surface area (Å²) in [6, 6.07) is 6.86. The number of pyridine rings is 1. The molecule has 128 valence electrons. The van der Waals surface area contributed by atoms with Gasteiger partial charge in [0.1, 0.15) is 11.8 Å². The highest BCUT2D eigenvalue weighted by atomic mass is 32.1. The maximum Gasteiger partial charge on any atom is 0.257 e. The third-order valence-electron chi connectivity index (χ3n) is 3.67. The number of furan rings is 1. The zero-order valence-electron chi connectivity index (χ0n) is 13.2. The third kappa shape index (κ3) is 3.70. The van der Waals surface area contributed by atoms with Gasteiger partial charge in [0.05, 0.1) is 19.5 Å². The molecule has 8 heteroatoms. The smallest absolute Gasteiger partial charge is 0.257 e. The van der Waals surface area contributed by atoms with Crippen LogP contribution in [0.25, 0.3) is 11.5 Å². The van der Waals surface area contributed by atoms with E-state index >= 15 is 0 Å². The SMILES string of the molecule is O=C(Nc1nc(-c2ccco2)cs1)c1ccnc(O[C@@H]2CCOC2)c1. The lowest BCUT2D eigenvalue weighted by Crippen LogP contribution is -2.17. The summed E-state index contributed by atoms with van der Waals surface area (Å²) in [5.74, 6) is 0.809. The number of nitrogens with zero attached hydrogens (tertiary/aromatic N) is 2. The van der Waals surface area contributed by atoms with Gasteiger partial charge in [0.25, 0.3) is 5.91 Å². The Morgan fingerprint density at radius 1 is 1.40 bits per heavy atom. The first kappa shape index (κ1) is 15.8. The Hall–Kier alpha value is -2.71. The normalized spacial score (nSPS) is 16.7. The molecule has 7 nitrogen and oxygen atoms in total. The van der Waals surface area contributed by atoms with Crippen molar-refractivity contribution in [2.75, 3.05) is 18.5 Å². The van der Waals surface area contributed by atoms with Gasteiger partial charge < -0.3 is 13.9 Å². The lowest BCUT2D eigenvalue weighted by Gasteiger charge is -2.11. The fourth-order valence-corrected chi connectivity index (χ4v) is 3.12. The highest BCUT2D eigenvalue weighted by molar-refractivity contribution is 7.14. The topological polar surface area (TPSA) is 86.5 Å². The number of hydrogen-bond donors (Lipinski definition) is 1. The Morgan fingerprint density at radius 3 is 3.16 bits per heavy atom. The summed E-state index contributed by atoms with van der Waals surface area (Å²) in [4.78, 5) is 20.9. The van der Waals surface area contributed by atoms with Crippen molar-refractivity contribution in [3.63, 3.8) is 0 Å². The van der Waals surface area contributed by atoms with E-state index in [2.05, 4.69) is 15.3 Å². The molecule has 4 rings (SSSR count). The fraction of sp³-hybridized carbons (Fsp3) is 0.235. The molecule has 4 heterocycles. The molecule has 1 saturated heterocycles. The quantitative estimate of drug-likeness (QED) is 0.754. The average Bonchev–Trinajstić information content (AvgIpc) is 3.37. The predicted octanol–water partition coefficient (Wildman–Crippen LogP) is 3.22. The van der Waals surface area contributed by atoms with E-state index in [0.717, 1.165) is 6.42 Å². The van der Waals surface area contributed by atoms with Crippen LogP contribution >= 0.6 is 11.3 Å². The molecule has 1 atom stereocenters. The molecule has 1 aliphatic rings. The average molecular weight is 357 g/mol. The molecule has 3 aromatic heterocycles. The molecule has 0 aromatic carbocycles. The van der Waals surface area contributed by atoms with E-state index in [4.69, 9.17) is 13.9 Å². The van der Waals surface area contributed by atoms with Crippen LogP contribution in [0.3, 0.4) is 0 Å². The zero-order valence-corrected chi connectivity index (χ0v) is 14.0. The van der Waals surface area contributed by atoms with E-state index in [9.17, 15) is 4.79 Å². The van der Waals surface area contributed by atoms with E-state index in [1.165, 1.54) is 11.3 Å². The molecular formula is C17H15N3O4S. The van der Waals surface area contributed by atoms with Gasteiger partial charge >= 0.3 is 0 Å². The number of carbonyl (C=O) groups is 1. The molecule has 0 saturated carbocycles. The Labute approximate surface area is 147 Å². The lowest BCUT2D eigenvalue weighted by atomic mass is 10.2. The maximum atomic E-state index is 12.4. The minimum absolute atomic E-state index is 0.0133. The molecule has 1 N–H and O–H groups in total. The van der Waals surface area contributed by atoms with E-state index in [1.54, 1.807) is 30.7 Å². The van der Waals surface area contributed by atoms with Crippen LogP contribution in [0.4, 0.5) is 5.13 Å². The summed E-state index contributed by atoms with van der Waals surface area (Å²) < 4.78 is 16.3. The first-order valence-corrected chi connectivity index (χ1v) is 8.67. The minimum Gasteiger partial charge on any atom is -0.472 e. The van der Waals surface area contributed by atoms with Gasteiger partial charge in [-0.3, -0.25) is 10.1 Å². The number of nitrogens with one attached hydrogen (secondary N) is 1. The Kier molecular flexibility index (Phi) is 4.45. The van der Waals surface area contributed by atoms with E-state index in [-0.39, 0.29) is 12.0 Å². The van der Waals surface area contributed by atoms with Crippen molar-refractivity contribution in [1.82, 2.24) is 9.97 Å². The second-order valence-electron chi connectivity index (χ2n) is 5.46. The number of thiazole rings is 1. The van der Waals surface area contributed by atoms with E-state index in [0.29, 0.717) is 41.2 Å². The number of carbonyl (C=O) groups excluding carboxylic acids is 1. The van der Waals surface area contributed by atoms with Crippen molar-refractivity contribution < 1.29 is 18.7 Å². The predicted molar refractivity (Wildman–Crippen MR) is 91.9 cm³/mol. The van der Waals surface area contributed by atoms with Gasteiger partial charge in [0.15, 0.2) is 10.9 Å². The summed E-state index contributed by atoms with van der Waals surface area (Å²) in [7, 11) is 0. The number of ether oxygens (including phenoxy) is 2. The van der Waals surface area contributed by atoms with Crippen LogP contribution in [0.1, 0.15) is 16.8 Å². The van der Waals surface area contributed by atoms with E-state index < -0.39 is 0 Å². The summed E-state index contributed by atoms with van der Waals surface area (Å²) in [5, 5.41) is 5.11. The molecule has 0 radical (unpaired) electrons. The number of anilines is 1. The Morgan fingerprint density at radius 2 is 2.36 bits per heavy atom. The van der Waals surface area contributed by atoms with Crippen molar-refractivity contribution in [2.45, 2.75) is 12.5 Å².